The molecule has 1 fully saturated rings. The Morgan fingerprint density at radius 1 is 1.36 bits per heavy atom. The highest BCUT2D eigenvalue weighted by molar-refractivity contribution is 7.89. The summed E-state index contributed by atoms with van der Waals surface area (Å²) in [6.45, 7) is 3.22. The van der Waals surface area contributed by atoms with E-state index >= 15 is 0 Å². The molecule has 0 spiro atoms. The molecule has 0 aromatic heterocycles. The number of rotatable bonds is 7. The van der Waals surface area contributed by atoms with E-state index in [1.54, 1.807) is 20.1 Å². The number of sulfonamides is 1. The zero-order valence-corrected chi connectivity index (χ0v) is 16.3. The molecule has 1 unspecified atom stereocenters. The first-order valence-electron chi connectivity index (χ1n) is 7.76. The van der Waals surface area contributed by atoms with Crippen molar-refractivity contribution in [3.8, 4) is 0 Å². The van der Waals surface area contributed by atoms with E-state index in [0.717, 1.165) is 19.4 Å². The van der Waals surface area contributed by atoms with Gasteiger partial charge in [0.1, 0.15) is 0 Å². The third-order valence-electron chi connectivity index (χ3n) is 4.28. The molecule has 0 bridgehead atoms. The average molecular weight is 393 g/mol. The first-order chi connectivity index (χ1) is 11.3. The van der Waals surface area contributed by atoms with Gasteiger partial charge in [-0.2, -0.15) is 0 Å². The number of methoxy groups -OCH3 is 2. The summed E-state index contributed by atoms with van der Waals surface area (Å²) in [5.41, 5.74) is 0.512. The molecule has 1 heterocycles. The van der Waals surface area contributed by atoms with Crippen LogP contribution in [0.25, 0.3) is 0 Å². The topological polar surface area (TPSA) is 93.7 Å². The van der Waals surface area contributed by atoms with Crippen LogP contribution in [0.1, 0.15) is 28.8 Å². The summed E-state index contributed by atoms with van der Waals surface area (Å²) in [5.74, 6) is -0.558. The predicted octanol–water partition coefficient (Wildman–Crippen LogP) is 1.25. The van der Waals surface area contributed by atoms with E-state index in [-0.39, 0.29) is 29.4 Å². The van der Waals surface area contributed by atoms with Gasteiger partial charge in [-0.05, 0) is 44.0 Å². The Bertz CT molecular complexity index is 702. The first-order valence-corrected chi connectivity index (χ1v) is 9.24. The van der Waals surface area contributed by atoms with Gasteiger partial charge in [0.05, 0.1) is 29.7 Å². The maximum absolute atomic E-state index is 12.6. The van der Waals surface area contributed by atoms with Crippen LogP contribution in [0, 0.1) is 6.92 Å². The lowest BCUT2D eigenvalue weighted by atomic mass is 9.99. The highest BCUT2D eigenvalue weighted by atomic mass is 35.5. The minimum absolute atomic E-state index is 0. The van der Waals surface area contributed by atoms with Crippen LogP contribution in [-0.2, 0) is 19.5 Å². The van der Waals surface area contributed by atoms with E-state index in [0.29, 0.717) is 12.2 Å². The Balaban J connectivity index is 0.00000312. The number of carbonyl (C=O) groups excluding carboxylic acids is 1. The van der Waals surface area contributed by atoms with Gasteiger partial charge in [0, 0.05) is 13.7 Å². The molecule has 2 rings (SSSR count). The maximum atomic E-state index is 12.6. The number of benzene rings is 1. The summed E-state index contributed by atoms with van der Waals surface area (Å²) >= 11 is 0. The van der Waals surface area contributed by atoms with Crippen LogP contribution in [0.5, 0.6) is 0 Å². The van der Waals surface area contributed by atoms with Crippen molar-refractivity contribution in [2.75, 3.05) is 33.9 Å². The smallest absolute Gasteiger partial charge is 0.338 e. The second-order valence-corrected chi connectivity index (χ2v) is 7.80. The molecule has 0 aliphatic carbocycles. The molecular formula is C16H25ClN2O5S. The Morgan fingerprint density at radius 3 is 2.64 bits per heavy atom. The van der Waals surface area contributed by atoms with Gasteiger partial charge in [0.15, 0.2) is 0 Å². The fourth-order valence-corrected chi connectivity index (χ4v) is 4.04. The molecule has 0 amide bonds. The average Bonchev–Trinajstić information content (AvgIpc) is 3.02. The van der Waals surface area contributed by atoms with Gasteiger partial charge >= 0.3 is 5.97 Å². The largest absolute Gasteiger partial charge is 0.465 e. The summed E-state index contributed by atoms with van der Waals surface area (Å²) in [4.78, 5) is 11.8. The minimum Gasteiger partial charge on any atom is -0.465 e. The number of hydrogen-bond acceptors (Lipinski definition) is 6. The monoisotopic (exact) mass is 392 g/mol. The van der Waals surface area contributed by atoms with Crippen molar-refractivity contribution in [2.45, 2.75) is 30.2 Å². The molecule has 1 atom stereocenters. The van der Waals surface area contributed by atoms with Crippen LogP contribution in [-0.4, -0.2) is 53.8 Å². The number of halogens is 1. The lowest BCUT2D eigenvalue weighted by molar-refractivity contribution is 0.0599. The van der Waals surface area contributed by atoms with Crippen LogP contribution < -0.4 is 10.0 Å². The Morgan fingerprint density at radius 2 is 2.08 bits per heavy atom. The van der Waals surface area contributed by atoms with Gasteiger partial charge < -0.3 is 14.8 Å². The normalized spacial score (nSPS) is 20.1. The molecule has 1 saturated heterocycles. The third kappa shape index (κ3) is 5.15. The van der Waals surface area contributed by atoms with Crippen molar-refractivity contribution in [2.24, 2.45) is 0 Å². The van der Waals surface area contributed by atoms with Crippen molar-refractivity contribution < 1.29 is 22.7 Å². The van der Waals surface area contributed by atoms with Crippen LogP contribution in [0.4, 0.5) is 0 Å². The molecule has 0 saturated carbocycles. The van der Waals surface area contributed by atoms with Gasteiger partial charge in [-0.1, -0.05) is 6.07 Å². The van der Waals surface area contributed by atoms with Gasteiger partial charge in [-0.15, -0.1) is 12.4 Å². The van der Waals surface area contributed by atoms with E-state index in [2.05, 4.69) is 10.0 Å². The molecule has 0 radical (unpaired) electrons. The zero-order valence-electron chi connectivity index (χ0n) is 14.6. The lowest BCUT2D eigenvalue weighted by Crippen LogP contribution is -2.52. The summed E-state index contributed by atoms with van der Waals surface area (Å²) in [6.07, 6.45) is 1.81. The first kappa shape index (κ1) is 21.9. The summed E-state index contributed by atoms with van der Waals surface area (Å²) in [6, 6.07) is 4.42. The molecular weight excluding hydrogens is 368 g/mol. The van der Waals surface area contributed by atoms with Crippen molar-refractivity contribution >= 4 is 28.4 Å². The van der Waals surface area contributed by atoms with E-state index < -0.39 is 21.5 Å². The van der Waals surface area contributed by atoms with Crippen LogP contribution in [0.15, 0.2) is 23.1 Å². The van der Waals surface area contributed by atoms with E-state index in [1.807, 2.05) is 0 Å². The van der Waals surface area contributed by atoms with Crippen molar-refractivity contribution in [1.29, 1.82) is 0 Å². The maximum Gasteiger partial charge on any atom is 0.338 e. The number of nitrogens with one attached hydrogen (secondary N) is 2. The summed E-state index contributed by atoms with van der Waals surface area (Å²) in [7, 11) is -0.877. The molecule has 142 valence electrons. The lowest BCUT2D eigenvalue weighted by Gasteiger charge is -2.28. The van der Waals surface area contributed by atoms with Gasteiger partial charge in [-0.3, -0.25) is 0 Å². The summed E-state index contributed by atoms with van der Waals surface area (Å²) in [5, 5.41) is 3.32. The Hall–Kier alpha value is -1.19. The van der Waals surface area contributed by atoms with Gasteiger partial charge in [0.25, 0.3) is 0 Å². The number of esters is 1. The van der Waals surface area contributed by atoms with Crippen molar-refractivity contribution in [3.05, 3.63) is 29.3 Å². The number of carbonyl (C=O) groups is 1. The minimum atomic E-state index is -3.74. The van der Waals surface area contributed by atoms with Gasteiger partial charge in [0.2, 0.25) is 10.0 Å². The van der Waals surface area contributed by atoms with Crippen molar-refractivity contribution in [3.63, 3.8) is 0 Å². The zero-order chi connectivity index (χ0) is 17.8. The van der Waals surface area contributed by atoms with Crippen LogP contribution >= 0.6 is 12.4 Å². The Labute approximate surface area is 154 Å². The third-order valence-corrected chi connectivity index (χ3v) is 5.68. The molecule has 2 N–H and O–H groups in total. The summed E-state index contributed by atoms with van der Waals surface area (Å²) < 4.78 is 37.7. The molecule has 1 aromatic carbocycles. The predicted molar refractivity (Wildman–Crippen MR) is 96.8 cm³/mol. The molecule has 1 aliphatic rings. The highest BCUT2D eigenvalue weighted by Gasteiger charge is 2.35. The fraction of sp³-hybridized carbons (Fsp3) is 0.562. The van der Waals surface area contributed by atoms with E-state index in [1.165, 1.54) is 19.2 Å². The van der Waals surface area contributed by atoms with Crippen LogP contribution in [0.3, 0.4) is 0 Å². The van der Waals surface area contributed by atoms with Crippen molar-refractivity contribution in [1.82, 2.24) is 10.0 Å². The Kier molecular flexibility index (Phi) is 7.83. The number of hydrogen-bond donors (Lipinski definition) is 2. The fourth-order valence-electron chi connectivity index (χ4n) is 2.88. The SMILES string of the molecule is COCC1(CNS(=O)(=O)c2ccc(C)c(C(=O)OC)c2)CCCN1.Cl. The molecule has 7 nitrogen and oxygen atoms in total. The van der Waals surface area contributed by atoms with E-state index in [4.69, 9.17) is 9.47 Å². The quantitative estimate of drug-likeness (QED) is 0.678. The molecule has 25 heavy (non-hydrogen) atoms. The molecule has 1 aliphatic heterocycles. The second-order valence-electron chi connectivity index (χ2n) is 6.04. The number of ether oxygens (including phenoxy) is 2. The van der Waals surface area contributed by atoms with Crippen LogP contribution in [0.2, 0.25) is 0 Å². The molecule has 1 aromatic rings. The van der Waals surface area contributed by atoms with E-state index in [9.17, 15) is 13.2 Å². The second kappa shape index (κ2) is 8.95. The standard InChI is InChI=1S/C16H24N2O5S.ClH/c1-12-5-6-13(9-14(12)15(19)23-3)24(20,21)18-10-16(11-22-2)7-4-8-17-16;/h5-6,9,17-18H,4,7-8,10-11H2,1-3H3;1H. The number of aryl methyl sites for hydroxylation is 1. The molecule has 9 heteroatoms. The van der Waals surface area contributed by atoms with Gasteiger partial charge in [-0.25, -0.2) is 17.9 Å². The highest BCUT2D eigenvalue weighted by Crippen LogP contribution is 2.21.